The van der Waals surface area contributed by atoms with E-state index in [1.807, 2.05) is 37.2 Å². The van der Waals surface area contributed by atoms with Gasteiger partial charge >= 0.3 is 5.97 Å². The van der Waals surface area contributed by atoms with Gasteiger partial charge in [0.05, 0.1) is 7.11 Å². The van der Waals surface area contributed by atoms with Crippen molar-refractivity contribution in [3.05, 3.63) is 29.3 Å². The third kappa shape index (κ3) is 2.64. The number of hydrogen-bond donors (Lipinski definition) is 2. The zero-order valence-corrected chi connectivity index (χ0v) is 12.3. The van der Waals surface area contributed by atoms with Gasteiger partial charge in [-0.3, -0.25) is 5.32 Å². The largest absolute Gasteiger partial charge is 0.497 e. The third-order valence-electron chi connectivity index (χ3n) is 3.90. The summed E-state index contributed by atoms with van der Waals surface area (Å²) in [5.41, 5.74) is 0.938. The molecule has 0 aromatic heterocycles. The van der Waals surface area contributed by atoms with Crippen LogP contribution in [0.25, 0.3) is 0 Å². The number of fused-ring (bicyclic) bond motifs is 1. The van der Waals surface area contributed by atoms with Crippen molar-refractivity contribution in [1.82, 2.24) is 10.2 Å². The maximum atomic E-state index is 11.8. The molecule has 1 atom stereocenters. The van der Waals surface area contributed by atoms with Crippen LogP contribution in [-0.2, 0) is 16.8 Å². The number of carbonyl (C=O) groups is 1. The Balaban J connectivity index is 2.30. The molecule has 20 heavy (non-hydrogen) atoms. The van der Waals surface area contributed by atoms with Crippen LogP contribution in [0, 0.1) is 0 Å². The van der Waals surface area contributed by atoms with Gasteiger partial charge in [0, 0.05) is 13.1 Å². The number of carboxylic acids is 1. The van der Waals surface area contributed by atoms with E-state index in [9.17, 15) is 9.90 Å². The van der Waals surface area contributed by atoms with E-state index < -0.39 is 11.5 Å². The van der Waals surface area contributed by atoms with Gasteiger partial charge in [-0.25, -0.2) is 4.79 Å². The minimum absolute atomic E-state index is 0.582. The fraction of sp³-hybridized carbons (Fsp3) is 0.533. The van der Waals surface area contributed by atoms with E-state index >= 15 is 0 Å². The predicted octanol–water partition coefficient (Wildman–Crippen LogP) is 1.07. The van der Waals surface area contributed by atoms with Crippen LogP contribution in [0.1, 0.15) is 17.5 Å². The predicted molar refractivity (Wildman–Crippen MR) is 77.2 cm³/mol. The van der Waals surface area contributed by atoms with Crippen molar-refractivity contribution in [2.24, 2.45) is 0 Å². The van der Waals surface area contributed by atoms with Crippen LogP contribution < -0.4 is 10.1 Å². The lowest BCUT2D eigenvalue weighted by molar-refractivity contribution is -0.145. The summed E-state index contributed by atoms with van der Waals surface area (Å²) in [6, 6.07) is 5.70. The summed E-state index contributed by atoms with van der Waals surface area (Å²) in [7, 11) is 5.54. The highest BCUT2D eigenvalue weighted by Gasteiger charge is 2.45. The van der Waals surface area contributed by atoms with E-state index in [0.29, 0.717) is 18.7 Å². The molecule has 1 aromatic carbocycles. The number of hydrogen-bond acceptors (Lipinski definition) is 4. The first kappa shape index (κ1) is 14.8. The summed E-state index contributed by atoms with van der Waals surface area (Å²) in [5, 5.41) is 13.0. The van der Waals surface area contributed by atoms with Crippen molar-refractivity contribution >= 4 is 5.97 Å². The summed E-state index contributed by atoms with van der Waals surface area (Å²) in [4.78, 5) is 13.9. The van der Waals surface area contributed by atoms with Crippen LogP contribution in [0.3, 0.4) is 0 Å². The van der Waals surface area contributed by atoms with Gasteiger partial charge in [-0.1, -0.05) is 6.07 Å². The van der Waals surface area contributed by atoms with Gasteiger partial charge < -0.3 is 14.7 Å². The second-order valence-corrected chi connectivity index (χ2v) is 5.46. The summed E-state index contributed by atoms with van der Waals surface area (Å²) in [5.74, 6) is -0.117. The van der Waals surface area contributed by atoms with Crippen LogP contribution in [0.5, 0.6) is 5.75 Å². The Labute approximate surface area is 119 Å². The van der Waals surface area contributed by atoms with Crippen molar-refractivity contribution in [2.45, 2.75) is 18.4 Å². The maximum absolute atomic E-state index is 11.8. The number of methoxy groups -OCH3 is 1. The second kappa shape index (κ2) is 5.81. The van der Waals surface area contributed by atoms with Crippen LogP contribution in [0.15, 0.2) is 18.2 Å². The van der Waals surface area contributed by atoms with Crippen molar-refractivity contribution in [3.63, 3.8) is 0 Å². The molecule has 5 nitrogen and oxygen atoms in total. The standard InChI is InChI=1S/C15H22N2O3/c1-17(2)9-8-16-15(14(18)19)7-6-11-4-5-12(20-3)10-13(11)15/h4-5,10,16H,6-9H2,1-3H3,(H,18,19). The van der Waals surface area contributed by atoms with Gasteiger partial charge in [0.25, 0.3) is 0 Å². The number of carboxylic acid groups (broad SMARTS) is 1. The molecule has 1 aliphatic rings. The molecule has 1 aromatic rings. The average molecular weight is 278 g/mol. The zero-order chi connectivity index (χ0) is 14.8. The molecule has 2 N–H and O–H groups in total. The second-order valence-electron chi connectivity index (χ2n) is 5.46. The molecular weight excluding hydrogens is 256 g/mol. The molecule has 110 valence electrons. The molecule has 0 radical (unpaired) electrons. The van der Waals surface area contributed by atoms with Gasteiger partial charge in [0.2, 0.25) is 0 Å². The molecule has 5 heteroatoms. The molecule has 2 rings (SSSR count). The number of rotatable bonds is 6. The van der Waals surface area contributed by atoms with E-state index in [4.69, 9.17) is 4.74 Å². The Morgan fingerprint density at radius 1 is 1.50 bits per heavy atom. The number of ether oxygens (including phenoxy) is 1. The van der Waals surface area contributed by atoms with E-state index in [0.717, 1.165) is 24.1 Å². The minimum atomic E-state index is -0.986. The zero-order valence-electron chi connectivity index (χ0n) is 12.3. The number of nitrogens with zero attached hydrogens (tertiary/aromatic N) is 1. The van der Waals surface area contributed by atoms with Gasteiger partial charge in [-0.05, 0) is 50.2 Å². The van der Waals surface area contributed by atoms with E-state index in [-0.39, 0.29) is 0 Å². The molecule has 0 bridgehead atoms. The highest BCUT2D eigenvalue weighted by Crippen LogP contribution is 2.39. The maximum Gasteiger partial charge on any atom is 0.328 e. The molecule has 1 unspecified atom stereocenters. The molecule has 0 fully saturated rings. The molecular formula is C15H22N2O3. The lowest BCUT2D eigenvalue weighted by atomic mass is 9.91. The Morgan fingerprint density at radius 2 is 2.25 bits per heavy atom. The number of likely N-dealkylation sites (N-methyl/N-ethyl adjacent to an activating group) is 1. The SMILES string of the molecule is COc1ccc2c(c1)C(NCCN(C)C)(C(=O)O)CC2. The van der Waals surface area contributed by atoms with Gasteiger partial charge in [-0.2, -0.15) is 0 Å². The minimum Gasteiger partial charge on any atom is -0.497 e. The Kier molecular flexibility index (Phi) is 4.30. The summed E-state index contributed by atoms with van der Waals surface area (Å²) < 4.78 is 5.23. The average Bonchev–Trinajstić information content (AvgIpc) is 2.78. The smallest absolute Gasteiger partial charge is 0.328 e. The van der Waals surface area contributed by atoms with E-state index in [1.165, 1.54) is 0 Å². The van der Waals surface area contributed by atoms with Gasteiger partial charge in [-0.15, -0.1) is 0 Å². The molecule has 0 amide bonds. The first-order valence-corrected chi connectivity index (χ1v) is 6.80. The molecule has 1 aliphatic carbocycles. The fourth-order valence-corrected chi connectivity index (χ4v) is 2.73. The summed E-state index contributed by atoms with van der Waals surface area (Å²) in [6.07, 6.45) is 1.36. The number of benzene rings is 1. The number of nitrogens with one attached hydrogen (secondary N) is 1. The highest BCUT2D eigenvalue weighted by molar-refractivity contribution is 5.83. The quantitative estimate of drug-likeness (QED) is 0.815. The Morgan fingerprint density at radius 3 is 2.85 bits per heavy atom. The topological polar surface area (TPSA) is 61.8 Å². The van der Waals surface area contributed by atoms with Crippen molar-refractivity contribution in [2.75, 3.05) is 34.3 Å². The van der Waals surface area contributed by atoms with E-state index in [1.54, 1.807) is 7.11 Å². The van der Waals surface area contributed by atoms with Gasteiger partial charge in [0.1, 0.15) is 11.3 Å². The summed E-state index contributed by atoms with van der Waals surface area (Å²) in [6.45, 7) is 1.43. The lowest BCUT2D eigenvalue weighted by Crippen LogP contribution is -2.49. The normalized spacial score (nSPS) is 21.0. The van der Waals surface area contributed by atoms with E-state index in [2.05, 4.69) is 5.32 Å². The molecule has 0 spiro atoms. The molecule has 0 heterocycles. The van der Waals surface area contributed by atoms with Crippen LogP contribution in [-0.4, -0.2) is 50.3 Å². The Hall–Kier alpha value is -1.59. The van der Waals surface area contributed by atoms with Crippen LogP contribution in [0.4, 0.5) is 0 Å². The first-order chi connectivity index (χ1) is 9.49. The number of aryl methyl sites for hydroxylation is 1. The van der Waals surface area contributed by atoms with Crippen LogP contribution in [0.2, 0.25) is 0 Å². The Bertz CT molecular complexity index is 502. The van der Waals surface area contributed by atoms with Crippen molar-refractivity contribution in [3.8, 4) is 5.75 Å². The van der Waals surface area contributed by atoms with Crippen LogP contribution >= 0.6 is 0 Å². The van der Waals surface area contributed by atoms with Crippen molar-refractivity contribution < 1.29 is 14.6 Å². The lowest BCUT2D eigenvalue weighted by Gasteiger charge is -2.28. The number of aliphatic carboxylic acids is 1. The first-order valence-electron chi connectivity index (χ1n) is 6.80. The highest BCUT2D eigenvalue weighted by atomic mass is 16.5. The molecule has 0 aliphatic heterocycles. The summed E-state index contributed by atoms with van der Waals surface area (Å²) >= 11 is 0. The third-order valence-corrected chi connectivity index (χ3v) is 3.90. The monoisotopic (exact) mass is 278 g/mol. The molecule has 0 saturated carbocycles. The van der Waals surface area contributed by atoms with Gasteiger partial charge in [0.15, 0.2) is 0 Å². The fourth-order valence-electron chi connectivity index (χ4n) is 2.73. The molecule has 0 saturated heterocycles. The van der Waals surface area contributed by atoms with Crippen molar-refractivity contribution in [1.29, 1.82) is 0 Å².